The van der Waals surface area contributed by atoms with Crippen LogP contribution in [0.1, 0.15) is 11.1 Å². The number of hydrogen-bond acceptors (Lipinski definition) is 3. The van der Waals surface area contributed by atoms with Gasteiger partial charge < -0.3 is 5.32 Å². The van der Waals surface area contributed by atoms with E-state index in [4.69, 9.17) is 0 Å². The van der Waals surface area contributed by atoms with E-state index in [1.54, 1.807) is 19.1 Å². The standard InChI is InChI=1S/C16H13FN2O3/c1-11-2-6-13(10-15(11)17)18-16(20)9-5-12-3-7-14(8-4-12)19(21)22/h2-10H,1H3,(H,18,20)/b9-5+. The maximum atomic E-state index is 13.4. The molecule has 0 spiro atoms. The number of nitrogens with one attached hydrogen (secondary N) is 1. The Labute approximate surface area is 126 Å². The fourth-order valence-electron chi connectivity index (χ4n) is 1.73. The molecule has 1 N–H and O–H groups in total. The summed E-state index contributed by atoms with van der Waals surface area (Å²) in [4.78, 5) is 21.8. The maximum Gasteiger partial charge on any atom is 0.269 e. The summed E-state index contributed by atoms with van der Waals surface area (Å²) in [5, 5.41) is 13.1. The van der Waals surface area contributed by atoms with Crippen molar-refractivity contribution in [2.24, 2.45) is 0 Å². The lowest BCUT2D eigenvalue weighted by atomic mass is 10.2. The average molecular weight is 300 g/mol. The van der Waals surface area contributed by atoms with Gasteiger partial charge >= 0.3 is 0 Å². The number of amides is 1. The van der Waals surface area contributed by atoms with Crippen LogP contribution in [0.4, 0.5) is 15.8 Å². The van der Waals surface area contributed by atoms with Gasteiger partial charge in [0.2, 0.25) is 5.91 Å². The Morgan fingerprint density at radius 2 is 1.91 bits per heavy atom. The molecule has 2 rings (SSSR count). The number of aryl methyl sites for hydroxylation is 1. The second-order valence-corrected chi connectivity index (χ2v) is 4.64. The van der Waals surface area contributed by atoms with Gasteiger partial charge in [0.25, 0.3) is 5.69 Å². The number of nitro groups is 1. The minimum absolute atomic E-state index is 0.0169. The molecule has 0 heterocycles. The molecule has 1 amide bonds. The first-order valence-electron chi connectivity index (χ1n) is 6.45. The summed E-state index contributed by atoms with van der Waals surface area (Å²) in [7, 11) is 0. The molecular weight excluding hydrogens is 287 g/mol. The average Bonchev–Trinajstić information content (AvgIpc) is 2.49. The van der Waals surface area contributed by atoms with Gasteiger partial charge in [0.05, 0.1) is 4.92 Å². The zero-order valence-corrected chi connectivity index (χ0v) is 11.7. The largest absolute Gasteiger partial charge is 0.322 e. The molecule has 0 aliphatic carbocycles. The number of anilines is 1. The second-order valence-electron chi connectivity index (χ2n) is 4.64. The molecule has 0 fully saturated rings. The molecule has 0 unspecified atom stereocenters. The van der Waals surface area contributed by atoms with Gasteiger partial charge in [0.1, 0.15) is 5.82 Å². The fraction of sp³-hybridized carbons (Fsp3) is 0.0625. The summed E-state index contributed by atoms with van der Waals surface area (Å²) >= 11 is 0. The summed E-state index contributed by atoms with van der Waals surface area (Å²) in [6, 6.07) is 10.2. The third-order valence-corrected chi connectivity index (χ3v) is 2.97. The lowest BCUT2D eigenvalue weighted by Gasteiger charge is -2.03. The highest BCUT2D eigenvalue weighted by molar-refractivity contribution is 6.01. The van der Waals surface area contributed by atoms with E-state index < -0.39 is 16.6 Å². The monoisotopic (exact) mass is 300 g/mol. The molecule has 0 aromatic heterocycles. The number of benzene rings is 2. The van der Waals surface area contributed by atoms with Crippen molar-refractivity contribution in [3.8, 4) is 0 Å². The molecule has 0 saturated heterocycles. The zero-order chi connectivity index (χ0) is 16.1. The van der Waals surface area contributed by atoms with Crippen LogP contribution in [0.2, 0.25) is 0 Å². The van der Waals surface area contributed by atoms with Crippen molar-refractivity contribution in [2.45, 2.75) is 6.92 Å². The Kier molecular flexibility index (Phi) is 4.63. The van der Waals surface area contributed by atoms with Crippen molar-refractivity contribution in [3.05, 3.63) is 75.6 Å². The summed E-state index contributed by atoms with van der Waals surface area (Å²) in [6.45, 7) is 1.63. The van der Waals surface area contributed by atoms with Crippen LogP contribution in [0, 0.1) is 22.9 Å². The lowest BCUT2D eigenvalue weighted by molar-refractivity contribution is -0.384. The third-order valence-electron chi connectivity index (χ3n) is 2.97. The lowest BCUT2D eigenvalue weighted by Crippen LogP contribution is -2.08. The Hall–Kier alpha value is -3.02. The summed E-state index contributed by atoms with van der Waals surface area (Å²) in [6.07, 6.45) is 2.79. The van der Waals surface area contributed by atoms with Crippen LogP contribution >= 0.6 is 0 Å². The van der Waals surface area contributed by atoms with Gasteiger partial charge in [-0.05, 0) is 48.4 Å². The zero-order valence-electron chi connectivity index (χ0n) is 11.7. The molecule has 2 aromatic carbocycles. The fourth-order valence-corrected chi connectivity index (χ4v) is 1.73. The Balaban J connectivity index is 2.01. The van der Waals surface area contributed by atoms with Crippen molar-refractivity contribution < 1.29 is 14.1 Å². The van der Waals surface area contributed by atoms with Crippen molar-refractivity contribution >= 4 is 23.4 Å². The molecule has 0 atom stereocenters. The molecule has 0 saturated carbocycles. The van der Waals surface area contributed by atoms with E-state index in [1.165, 1.54) is 42.5 Å². The summed E-state index contributed by atoms with van der Waals surface area (Å²) in [5.41, 5.74) is 1.49. The number of nitro benzene ring substituents is 1. The van der Waals surface area contributed by atoms with Gasteiger partial charge in [-0.2, -0.15) is 0 Å². The SMILES string of the molecule is Cc1ccc(NC(=O)/C=C/c2ccc([N+](=O)[O-])cc2)cc1F. The quantitative estimate of drug-likeness (QED) is 0.531. The third kappa shape index (κ3) is 3.99. The molecule has 2 aromatic rings. The van der Waals surface area contributed by atoms with Gasteiger partial charge in [0.15, 0.2) is 0 Å². The van der Waals surface area contributed by atoms with Crippen molar-refractivity contribution in [1.82, 2.24) is 0 Å². The van der Waals surface area contributed by atoms with Crippen LogP contribution in [0.15, 0.2) is 48.5 Å². The van der Waals surface area contributed by atoms with Crippen LogP contribution in [-0.4, -0.2) is 10.8 Å². The molecular formula is C16H13FN2O3. The number of carbonyl (C=O) groups excluding carboxylic acids is 1. The molecule has 6 heteroatoms. The van der Waals surface area contributed by atoms with Gasteiger partial charge in [-0.25, -0.2) is 4.39 Å². The van der Waals surface area contributed by atoms with Crippen molar-refractivity contribution in [3.63, 3.8) is 0 Å². The molecule has 0 radical (unpaired) electrons. The van der Waals surface area contributed by atoms with Crippen LogP contribution in [0.5, 0.6) is 0 Å². The molecule has 0 bridgehead atoms. The number of hydrogen-bond donors (Lipinski definition) is 1. The molecule has 22 heavy (non-hydrogen) atoms. The van der Waals surface area contributed by atoms with Crippen molar-refractivity contribution in [1.29, 1.82) is 0 Å². The first kappa shape index (κ1) is 15.4. The number of carbonyl (C=O) groups is 1. The van der Waals surface area contributed by atoms with Crippen LogP contribution in [0.25, 0.3) is 6.08 Å². The predicted octanol–water partition coefficient (Wildman–Crippen LogP) is 3.69. The molecule has 5 nitrogen and oxygen atoms in total. The van der Waals surface area contributed by atoms with Crippen LogP contribution < -0.4 is 5.32 Å². The van der Waals surface area contributed by atoms with Crippen molar-refractivity contribution in [2.75, 3.05) is 5.32 Å². The normalized spacial score (nSPS) is 10.6. The number of halogens is 1. The van der Waals surface area contributed by atoms with Gasteiger partial charge in [-0.15, -0.1) is 0 Å². The van der Waals surface area contributed by atoms with E-state index in [-0.39, 0.29) is 5.69 Å². The Morgan fingerprint density at radius 1 is 1.23 bits per heavy atom. The van der Waals surface area contributed by atoms with E-state index in [1.807, 2.05) is 0 Å². The predicted molar refractivity (Wildman–Crippen MR) is 81.9 cm³/mol. The first-order chi connectivity index (χ1) is 10.5. The van der Waals surface area contributed by atoms with Gasteiger partial charge in [0, 0.05) is 23.9 Å². The Morgan fingerprint density at radius 3 is 2.50 bits per heavy atom. The van der Waals surface area contributed by atoms with E-state index in [0.717, 1.165) is 0 Å². The van der Waals surface area contributed by atoms with E-state index in [2.05, 4.69) is 5.32 Å². The molecule has 112 valence electrons. The smallest absolute Gasteiger partial charge is 0.269 e. The highest BCUT2D eigenvalue weighted by Gasteiger charge is 2.04. The number of non-ortho nitro benzene ring substituents is 1. The van der Waals surface area contributed by atoms with Crippen LogP contribution in [0.3, 0.4) is 0 Å². The highest BCUT2D eigenvalue weighted by Crippen LogP contribution is 2.15. The maximum absolute atomic E-state index is 13.4. The number of nitrogens with zero attached hydrogens (tertiary/aromatic N) is 1. The Bertz CT molecular complexity index is 740. The topological polar surface area (TPSA) is 72.2 Å². The van der Waals surface area contributed by atoms with Gasteiger partial charge in [-0.3, -0.25) is 14.9 Å². The van der Waals surface area contributed by atoms with Gasteiger partial charge in [-0.1, -0.05) is 6.07 Å². The minimum atomic E-state index is -0.494. The minimum Gasteiger partial charge on any atom is -0.322 e. The second kappa shape index (κ2) is 6.62. The first-order valence-corrected chi connectivity index (χ1v) is 6.45. The molecule has 0 aliphatic heterocycles. The van der Waals surface area contributed by atoms with E-state index >= 15 is 0 Å². The van der Waals surface area contributed by atoms with Crippen LogP contribution in [-0.2, 0) is 4.79 Å². The summed E-state index contributed by atoms with van der Waals surface area (Å²) < 4.78 is 13.4. The number of rotatable bonds is 4. The summed E-state index contributed by atoms with van der Waals surface area (Å²) in [5.74, 6) is -0.807. The van der Waals surface area contributed by atoms with E-state index in [0.29, 0.717) is 16.8 Å². The van der Waals surface area contributed by atoms with E-state index in [9.17, 15) is 19.3 Å². The highest BCUT2D eigenvalue weighted by atomic mass is 19.1. The molecule has 0 aliphatic rings.